The van der Waals surface area contributed by atoms with Crippen molar-refractivity contribution in [3.63, 3.8) is 0 Å². The number of hydrogen-bond acceptors (Lipinski definition) is 4. The molecule has 1 aliphatic heterocycles. The van der Waals surface area contributed by atoms with Gasteiger partial charge in [-0.05, 0) is 58.3 Å². The predicted molar refractivity (Wildman–Crippen MR) is 108 cm³/mol. The normalized spacial score (nSPS) is 22.0. The van der Waals surface area contributed by atoms with Gasteiger partial charge < -0.3 is 14.5 Å². The lowest BCUT2D eigenvalue weighted by Crippen LogP contribution is -2.44. The van der Waals surface area contributed by atoms with E-state index in [0.717, 1.165) is 25.3 Å². The summed E-state index contributed by atoms with van der Waals surface area (Å²) < 4.78 is 5.92. The molecule has 0 amide bonds. The van der Waals surface area contributed by atoms with Gasteiger partial charge >= 0.3 is 0 Å². The molecule has 0 radical (unpaired) electrons. The molecule has 2 aliphatic rings. The fourth-order valence-corrected chi connectivity index (χ4v) is 3.85. The van der Waals surface area contributed by atoms with E-state index in [0.29, 0.717) is 5.92 Å². The van der Waals surface area contributed by atoms with Gasteiger partial charge in [-0.15, -0.1) is 0 Å². The van der Waals surface area contributed by atoms with Gasteiger partial charge in [0.15, 0.2) is 0 Å². The second kappa shape index (κ2) is 9.33. The molecule has 2 heterocycles. The van der Waals surface area contributed by atoms with Gasteiger partial charge in [0, 0.05) is 44.4 Å². The molecule has 1 unspecified atom stereocenters. The third kappa shape index (κ3) is 5.68. The topological polar surface area (TPSA) is 28.6 Å². The number of aromatic nitrogens is 1. The van der Waals surface area contributed by atoms with E-state index >= 15 is 0 Å². The van der Waals surface area contributed by atoms with Gasteiger partial charge in [0.25, 0.3) is 0 Å². The van der Waals surface area contributed by atoms with Crippen molar-refractivity contribution < 1.29 is 4.74 Å². The van der Waals surface area contributed by atoms with Gasteiger partial charge in [-0.1, -0.05) is 23.3 Å². The Morgan fingerprint density at radius 1 is 1.15 bits per heavy atom. The summed E-state index contributed by atoms with van der Waals surface area (Å²) in [6.07, 6.45) is 9.87. The van der Waals surface area contributed by atoms with Crippen LogP contribution in [0.3, 0.4) is 0 Å². The highest BCUT2D eigenvalue weighted by molar-refractivity contribution is 5.36. The molecular formula is C22H33N3O. The van der Waals surface area contributed by atoms with Crippen molar-refractivity contribution in [3.8, 4) is 5.88 Å². The molecule has 1 fully saturated rings. The summed E-state index contributed by atoms with van der Waals surface area (Å²) in [7, 11) is 2.20. The lowest BCUT2D eigenvalue weighted by molar-refractivity contribution is 0.149. The summed E-state index contributed by atoms with van der Waals surface area (Å²) >= 11 is 0. The maximum atomic E-state index is 5.92. The molecular weight excluding hydrogens is 322 g/mol. The van der Waals surface area contributed by atoms with E-state index in [1.165, 1.54) is 55.9 Å². The third-order valence-electron chi connectivity index (χ3n) is 5.38. The Morgan fingerprint density at radius 2 is 1.96 bits per heavy atom. The minimum absolute atomic E-state index is 0.447. The average molecular weight is 356 g/mol. The summed E-state index contributed by atoms with van der Waals surface area (Å²) in [6, 6.07) is 4.24. The van der Waals surface area contributed by atoms with E-state index in [1.54, 1.807) is 0 Å². The van der Waals surface area contributed by atoms with E-state index in [4.69, 9.17) is 4.74 Å². The Kier molecular flexibility index (Phi) is 6.86. The molecule has 4 nitrogen and oxygen atoms in total. The van der Waals surface area contributed by atoms with Crippen molar-refractivity contribution in [2.75, 3.05) is 46.4 Å². The lowest BCUT2D eigenvalue weighted by atomic mass is 9.87. The van der Waals surface area contributed by atoms with Crippen LogP contribution in [0.25, 0.3) is 0 Å². The van der Waals surface area contributed by atoms with Gasteiger partial charge in [-0.2, -0.15) is 0 Å². The third-order valence-corrected chi connectivity index (χ3v) is 5.38. The molecule has 0 saturated carbocycles. The van der Waals surface area contributed by atoms with E-state index in [-0.39, 0.29) is 0 Å². The summed E-state index contributed by atoms with van der Waals surface area (Å²) in [4.78, 5) is 9.36. The van der Waals surface area contributed by atoms with Crippen LogP contribution in [0.2, 0.25) is 0 Å². The molecule has 0 N–H and O–H groups in total. The van der Waals surface area contributed by atoms with Crippen LogP contribution in [0.15, 0.2) is 41.6 Å². The lowest BCUT2D eigenvalue weighted by Gasteiger charge is -2.32. The molecule has 1 aromatic rings. The molecule has 4 heteroatoms. The Hall–Kier alpha value is -1.65. The summed E-state index contributed by atoms with van der Waals surface area (Å²) in [5, 5.41) is 0. The van der Waals surface area contributed by atoms with Crippen LogP contribution in [0.4, 0.5) is 0 Å². The van der Waals surface area contributed by atoms with Crippen molar-refractivity contribution in [1.82, 2.24) is 14.8 Å². The zero-order valence-electron chi connectivity index (χ0n) is 16.6. The summed E-state index contributed by atoms with van der Waals surface area (Å²) in [6.45, 7) is 11.1. The second-order valence-electron chi connectivity index (χ2n) is 7.84. The highest BCUT2D eigenvalue weighted by Gasteiger charge is 2.15. The number of rotatable bonds is 7. The van der Waals surface area contributed by atoms with Gasteiger partial charge in [-0.25, -0.2) is 4.98 Å². The van der Waals surface area contributed by atoms with Crippen LogP contribution in [0, 0.1) is 0 Å². The molecule has 3 rings (SSSR count). The minimum atomic E-state index is 0.447. The number of pyridine rings is 1. The standard InChI is InChI=1S/C22H33N3O/c1-18-14-19(2)16-21(15-18)20-6-7-23-22(17-20)26-13-5-4-8-25-11-9-24(3)10-12-25/h6-7,14-15,17,21H,4-5,8-13,16H2,1-3H3. The van der Waals surface area contributed by atoms with Crippen molar-refractivity contribution in [1.29, 1.82) is 0 Å². The number of ether oxygens (including phenoxy) is 1. The molecule has 1 saturated heterocycles. The van der Waals surface area contributed by atoms with Gasteiger partial charge in [0.2, 0.25) is 5.88 Å². The molecule has 1 aliphatic carbocycles. The maximum Gasteiger partial charge on any atom is 0.213 e. The molecule has 1 aromatic heterocycles. The SMILES string of the molecule is CC1=CC(c2ccnc(OCCCCN3CCN(C)CC3)c2)CC(C)=C1. The monoisotopic (exact) mass is 355 g/mol. The summed E-state index contributed by atoms with van der Waals surface area (Å²) in [5.41, 5.74) is 4.10. The van der Waals surface area contributed by atoms with E-state index < -0.39 is 0 Å². The summed E-state index contributed by atoms with van der Waals surface area (Å²) in [5.74, 6) is 1.21. The number of likely N-dealkylation sites (N-methyl/N-ethyl adjacent to an activating group) is 1. The molecule has 1 atom stereocenters. The number of nitrogens with zero attached hydrogens (tertiary/aromatic N) is 3. The number of hydrogen-bond donors (Lipinski definition) is 0. The Bertz CT molecular complexity index is 645. The van der Waals surface area contributed by atoms with Crippen LogP contribution < -0.4 is 4.74 Å². The Labute approximate surface area is 158 Å². The van der Waals surface area contributed by atoms with Crippen LogP contribution >= 0.6 is 0 Å². The highest BCUT2D eigenvalue weighted by atomic mass is 16.5. The van der Waals surface area contributed by atoms with E-state index in [9.17, 15) is 0 Å². The zero-order valence-corrected chi connectivity index (χ0v) is 16.6. The molecule has 142 valence electrons. The van der Waals surface area contributed by atoms with Crippen LogP contribution in [0.5, 0.6) is 5.88 Å². The highest BCUT2D eigenvalue weighted by Crippen LogP contribution is 2.31. The van der Waals surface area contributed by atoms with Gasteiger partial charge in [-0.3, -0.25) is 0 Å². The van der Waals surface area contributed by atoms with Crippen LogP contribution in [-0.4, -0.2) is 61.2 Å². The molecule has 0 spiro atoms. The van der Waals surface area contributed by atoms with Gasteiger partial charge in [0.05, 0.1) is 6.61 Å². The quantitative estimate of drug-likeness (QED) is 0.694. The minimum Gasteiger partial charge on any atom is -0.478 e. The zero-order chi connectivity index (χ0) is 18.4. The van der Waals surface area contributed by atoms with Crippen molar-refractivity contribution in [3.05, 3.63) is 47.2 Å². The first-order chi connectivity index (χ1) is 12.6. The maximum absolute atomic E-state index is 5.92. The van der Waals surface area contributed by atoms with Crippen LogP contribution in [-0.2, 0) is 0 Å². The fraction of sp³-hybridized carbons (Fsp3) is 0.591. The molecule has 0 bridgehead atoms. The largest absolute Gasteiger partial charge is 0.478 e. The fourth-order valence-electron chi connectivity index (χ4n) is 3.85. The molecule has 0 aromatic carbocycles. The average Bonchev–Trinajstić information content (AvgIpc) is 2.62. The van der Waals surface area contributed by atoms with Crippen molar-refractivity contribution in [2.24, 2.45) is 0 Å². The van der Waals surface area contributed by atoms with Gasteiger partial charge in [0.1, 0.15) is 0 Å². The number of unbranched alkanes of at least 4 members (excludes halogenated alkanes) is 1. The number of piperazine rings is 1. The van der Waals surface area contributed by atoms with Crippen molar-refractivity contribution >= 4 is 0 Å². The van der Waals surface area contributed by atoms with E-state index in [2.05, 4.69) is 60.0 Å². The number of allylic oxidation sites excluding steroid dienone is 4. The molecule has 26 heavy (non-hydrogen) atoms. The smallest absolute Gasteiger partial charge is 0.213 e. The predicted octanol–water partition coefficient (Wildman–Crippen LogP) is 3.87. The second-order valence-corrected chi connectivity index (χ2v) is 7.84. The Balaban J connectivity index is 1.41. The first-order valence-corrected chi connectivity index (χ1v) is 9.95. The first-order valence-electron chi connectivity index (χ1n) is 9.95. The van der Waals surface area contributed by atoms with Crippen LogP contribution in [0.1, 0.15) is 44.6 Å². The van der Waals surface area contributed by atoms with Crippen molar-refractivity contribution in [2.45, 2.75) is 39.0 Å². The van der Waals surface area contributed by atoms with E-state index in [1.807, 2.05) is 6.20 Å². The first kappa shape index (κ1) is 19.1. The Morgan fingerprint density at radius 3 is 2.73 bits per heavy atom.